The molecule has 0 saturated carbocycles. The minimum Gasteiger partial charge on any atom is -0.381 e. The molecule has 0 rings (SSSR count). The smallest absolute Gasteiger partial charge is 0.129 e. The van der Waals surface area contributed by atoms with Crippen molar-refractivity contribution in [3.8, 4) is 0 Å². The Bertz CT molecular complexity index is 238. The number of carbonyl (C=O) groups excluding carboxylic acids is 1. The molecule has 0 unspecified atom stereocenters. The van der Waals surface area contributed by atoms with Crippen LogP contribution in [0.15, 0.2) is 0 Å². The zero-order valence-corrected chi connectivity index (χ0v) is 15.5. The van der Waals surface area contributed by atoms with Crippen molar-refractivity contribution < 1.29 is 9.53 Å². The Hall–Kier alpha value is -0.370. The highest BCUT2D eigenvalue weighted by molar-refractivity contribution is 5.75. The lowest BCUT2D eigenvalue weighted by molar-refractivity contribution is -0.117. The molecule has 0 bridgehead atoms. The first-order chi connectivity index (χ1) is 10.7. The van der Waals surface area contributed by atoms with Gasteiger partial charge in [-0.2, -0.15) is 0 Å². The maximum Gasteiger partial charge on any atom is 0.129 e. The highest BCUT2D eigenvalue weighted by Crippen LogP contribution is 2.16. The SMILES string of the molecule is CCCCCC[C@H](CCCCCCCCCCC(C)=O)OC. The minimum atomic E-state index is 0.336. The fourth-order valence-electron chi connectivity index (χ4n) is 2.99. The predicted octanol–water partition coefficient (Wildman–Crippen LogP) is 6.46. The molecule has 0 amide bonds. The molecule has 2 heteroatoms. The van der Waals surface area contributed by atoms with E-state index < -0.39 is 0 Å². The van der Waals surface area contributed by atoms with E-state index in [9.17, 15) is 4.79 Å². The van der Waals surface area contributed by atoms with Gasteiger partial charge in [-0.05, 0) is 26.2 Å². The summed E-state index contributed by atoms with van der Waals surface area (Å²) in [5.74, 6) is 0.336. The third kappa shape index (κ3) is 16.0. The van der Waals surface area contributed by atoms with Gasteiger partial charge in [0.05, 0.1) is 6.10 Å². The van der Waals surface area contributed by atoms with Crippen LogP contribution in [0.1, 0.15) is 110 Å². The van der Waals surface area contributed by atoms with E-state index >= 15 is 0 Å². The summed E-state index contributed by atoms with van der Waals surface area (Å²) in [7, 11) is 1.87. The van der Waals surface area contributed by atoms with Crippen molar-refractivity contribution >= 4 is 5.78 Å². The summed E-state index contributed by atoms with van der Waals surface area (Å²) in [6, 6.07) is 0. The summed E-state index contributed by atoms with van der Waals surface area (Å²) in [4.78, 5) is 10.8. The van der Waals surface area contributed by atoms with E-state index in [0.29, 0.717) is 11.9 Å². The summed E-state index contributed by atoms with van der Waals surface area (Å²) in [6.07, 6.45) is 19.4. The summed E-state index contributed by atoms with van der Waals surface area (Å²) < 4.78 is 5.59. The zero-order valence-electron chi connectivity index (χ0n) is 15.5. The summed E-state index contributed by atoms with van der Waals surface area (Å²) in [5, 5.41) is 0. The lowest BCUT2D eigenvalue weighted by Crippen LogP contribution is -2.10. The number of carbonyl (C=O) groups is 1. The van der Waals surface area contributed by atoms with Crippen molar-refractivity contribution in [1.29, 1.82) is 0 Å². The van der Waals surface area contributed by atoms with Crippen molar-refractivity contribution in [2.24, 2.45) is 0 Å². The zero-order chi connectivity index (χ0) is 16.5. The Morgan fingerprint density at radius 3 is 1.68 bits per heavy atom. The Morgan fingerprint density at radius 1 is 0.773 bits per heavy atom. The van der Waals surface area contributed by atoms with Crippen molar-refractivity contribution in [3.05, 3.63) is 0 Å². The number of hydrogen-bond acceptors (Lipinski definition) is 2. The molecule has 2 nitrogen and oxygen atoms in total. The van der Waals surface area contributed by atoms with Crippen LogP contribution < -0.4 is 0 Å². The largest absolute Gasteiger partial charge is 0.381 e. The van der Waals surface area contributed by atoms with Gasteiger partial charge in [0, 0.05) is 13.5 Å². The Balaban J connectivity index is 3.27. The molecule has 1 atom stereocenters. The van der Waals surface area contributed by atoms with Crippen LogP contribution in [0.25, 0.3) is 0 Å². The number of ether oxygens (including phenoxy) is 1. The van der Waals surface area contributed by atoms with Crippen LogP contribution in [0, 0.1) is 0 Å². The maximum absolute atomic E-state index is 10.8. The molecule has 0 aliphatic carbocycles. The molecule has 0 aromatic rings. The number of unbranched alkanes of at least 4 members (excludes halogenated alkanes) is 10. The number of hydrogen-bond donors (Lipinski definition) is 0. The second-order valence-electron chi connectivity index (χ2n) is 6.78. The van der Waals surface area contributed by atoms with Crippen LogP contribution in [-0.2, 0) is 9.53 Å². The molecule has 0 aliphatic rings. The summed E-state index contributed by atoms with van der Waals surface area (Å²) in [5.41, 5.74) is 0. The van der Waals surface area contributed by atoms with Crippen molar-refractivity contribution in [3.63, 3.8) is 0 Å². The third-order valence-electron chi connectivity index (χ3n) is 4.52. The Labute approximate surface area is 139 Å². The van der Waals surface area contributed by atoms with E-state index in [4.69, 9.17) is 4.74 Å². The first-order valence-corrected chi connectivity index (χ1v) is 9.73. The van der Waals surface area contributed by atoms with Gasteiger partial charge in [0.25, 0.3) is 0 Å². The molecular formula is C20H40O2. The van der Waals surface area contributed by atoms with Crippen LogP contribution in [0.4, 0.5) is 0 Å². The van der Waals surface area contributed by atoms with Crippen molar-refractivity contribution in [2.45, 2.75) is 116 Å². The first kappa shape index (κ1) is 21.6. The van der Waals surface area contributed by atoms with Gasteiger partial charge in [-0.25, -0.2) is 0 Å². The fraction of sp³-hybridized carbons (Fsp3) is 0.950. The molecule has 0 aliphatic heterocycles. The predicted molar refractivity (Wildman–Crippen MR) is 96.4 cm³/mol. The molecule has 0 saturated heterocycles. The molecule has 0 heterocycles. The average Bonchev–Trinajstić information content (AvgIpc) is 2.50. The van der Waals surface area contributed by atoms with E-state index in [-0.39, 0.29) is 0 Å². The molecule has 0 aromatic carbocycles. The van der Waals surface area contributed by atoms with Crippen LogP contribution in [0.5, 0.6) is 0 Å². The molecular weight excluding hydrogens is 272 g/mol. The summed E-state index contributed by atoms with van der Waals surface area (Å²) >= 11 is 0. The van der Waals surface area contributed by atoms with E-state index in [2.05, 4.69) is 6.92 Å². The molecule has 132 valence electrons. The van der Waals surface area contributed by atoms with Gasteiger partial charge in [-0.1, -0.05) is 77.6 Å². The molecule has 0 spiro atoms. The van der Waals surface area contributed by atoms with Crippen LogP contribution in [0.3, 0.4) is 0 Å². The van der Waals surface area contributed by atoms with Crippen LogP contribution >= 0.6 is 0 Å². The van der Waals surface area contributed by atoms with E-state index in [1.54, 1.807) is 6.92 Å². The van der Waals surface area contributed by atoms with Gasteiger partial charge in [0.1, 0.15) is 5.78 Å². The highest BCUT2D eigenvalue weighted by Gasteiger charge is 2.06. The monoisotopic (exact) mass is 312 g/mol. The van der Waals surface area contributed by atoms with E-state index in [1.807, 2.05) is 7.11 Å². The number of Topliss-reactive ketones (excluding diaryl/α,β-unsaturated/α-hetero) is 1. The third-order valence-corrected chi connectivity index (χ3v) is 4.52. The molecule has 0 aromatic heterocycles. The molecule has 22 heavy (non-hydrogen) atoms. The van der Waals surface area contributed by atoms with Gasteiger partial charge in [-0.15, -0.1) is 0 Å². The van der Waals surface area contributed by atoms with Crippen molar-refractivity contribution in [1.82, 2.24) is 0 Å². The minimum absolute atomic E-state index is 0.336. The number of rotatable bonds is 17. The van der Waals surface area contributed by atoms with Gasteiger partial charge < -0.3 is 9.53 Å². The fourth-order valence-corrected chi connectivity index (χ4v) is 2.99. The van der Waals surface area contributed by atoms with E-state index in [0.717, 1.165) is 12.8 Å². The van der Waals surface area contributed by atoms with Gasteiger partial charge >= 0.3 is 0 Å². The van der Waals surface area contributed by atoms with Gasteiger partial charge in [0.15, 0.2) is 0 Å². The standard InChI is InChI=1S/C20H40O2/c1-4-5-6-14-17-20(22-3)18-15-12-10-8-7-9-11-13-16-19(2)21/h20H,4-18H2,1-3H3/t20-/m1/s1. The average molecular weight is 313 g/mol. The molecule has 0 N–H and O–H groups in total. The topological polar surface area (TPSA) is 26.3 Å². The van der Waals surface area contributed by atoms with Crippen molar-refractivity contribution in [2.75, 3.05) is 7.11 Å². The highest BCUT2D eigenvalue weighted by atomic mass is 16.5. The van der Waals surface area contributed by atoms with E-state index in [1.165, 1.54) is 83.5 Å². The second-order valence-corrected chi connectivity index (χ2v) is 6.78. The number of methoxy groups -OCH3 is 1. The molecule has 0 radical (unpaired) electrons. The second kappa shape index (κ2) is 17.0. The first-order valence-electron chi connectivity index (χ1n) is 9.73. The quantitative estimate of drug-likeness (QED) is 0.288. The van der Waals surface area contributed by atoms with Gasteiger partial charge in [0.2, 0.25) is 0 Å². The Kier molecular flexibility index (Phi) is 16.7. The normalized spacial score (nSPS) is 12.5. The van der Waals surface area contributed by atoms with Gasteiger partial charge in [-0.3, -0.25) is 0 Å². The lowest BCUT2D eigenvalue weighted by atomic mass is 10.0. The molecule has 0 fully saturated rings. The lowest BCUT2D eigenvalue weighted by Gasteiger charge is -2.15. The Morgan fingerprint density at radius 2 is 1.23 bits per heavy atom. The summed E-state index contributed by atoms with van der Waals surface area (Å²) in [6.45, 7) is 3.95. The maximum atomic E-state index is 10.8. The number of ketones is 1. The van der Waals surface area contributed by atoms with Crippen LogP contribution in [0.2, 0.25) is 0 Å². The van der Waals surface area contributed by atoms with Crippen LogP contribution in [-0.4, -0.2) is 19.0 Å².